The highest BCUT2D eigenvalue weighted by atomic mass is 79.9. The quantitative estimate of drug-likeness (QED) is 0.329. The van der Waals surface area contributed by atoms with Gasteiger partial charge in [-0.2, -0.15) is 0 Å². The molecule has 1 unspecified atom stereocenters. The van der Waals surface area contributed by atoms with E-state index in [-0.39, 0.29) is 22.3 Å². The number of benzene rings is 2. The second-order valence-electron chi connectivity index (χ2n) is 5.77. The first kappa shape index (κ1) is 18.9. The molecule has 1 heterocycles. The highest BCUT2D eigenvalue weighted by Gasteiger charge is 2.28. The number of halogens is 2. The van der Waals surface area contributed by atoms with Gasteiger partial charge in [0.25, 0.3) is 0 Å². The van der Waals surface area contributed by atoms with Crippen LogP contribution in [0.25, 0.3) is 11.0 Å². The van der Waals surface area contributed by atoms with E-state index in [1.165, 1.54) is 6.07 Å². The van der Waals surface area contributed by atoms with Crippen LogP contribution < -0.4 is 0 Å². The minimum absolute atomic E-state index is 0.0134. The summed E-state index contributed by atoms with van der Waals surface area (Å²) in [7, 11) is 0. The van der Waals surface area contributed by atoms with Gasteiger partial charge in [0, 0.05) is 26.0 Å². The van der Waals surface area contributed by atoms with Crippen LogP contribution in [0, 0.1) is 6.92 Å². The Hall–Kier alpha value is -1.87. The summed E-state index contributed by atoms with van der Waals surface area (Å²) < 4.78 is 6.92. The van der Waals surface area contributed by atoms with Crippen LogP contribution in [0.5, 0.6) is 11.5 Å². The van der Waals surface area contributed by atoms with Crippen molar-refractivity contribution in [2.24, 2.45) is 0 Å². The minimum Gasteiger partial charge on any atom is -0.504 e. The molecule has 136 valence electrons. The molecule has 26 heavy (non-hydrogen) atoms. The van der Waals surface area contributed by atoms with E-state index in [2.05, 4.69) is 31.9 Å². The molecule has 0 radical (unpaired) electrons. The van der Waals surface area contributed by atoms with Crippen molar-refractivity contribution < 1.29 is 29.6 Å². The van der Waals surface area contributed by atoms with Gasteiger partial charge < -0.3 is 24.8 Å². The number of hydrogen-bond acceptors (Lipinski definition) is 6. The lowest BCUT2D eigenvalue weighted by Crippen LogP contribution is -2.09. The second-order valence-corrected chi connectivity index (χ2v) is 7.48. The lowest BCUT2D eigenvalue weighted by Gasteiger charge is -2.09. The molecular weight excluding hydrogens is 472 g/mol. The molecular formula is C18H14Br2O6. The van der Waals surface area contributed by atoms with Gasteiger partial charge >= 0.3 is 0 Å². The number of carbonyl (C=O) groups is 1. The average molecular weight is 486 g/mol. The van der Waals surface area contributed by atoms with Crippen molar-refractivity contribution >= 4 is 48.6 Å². The Morgan fingerprint density at radius 3 is 2.27 bits per heavy atom. The summed E-state index contributed by atoms with van der Waals surface area (Å²) in [6.45, 7) is 1.22. The zero-order chi connectivity index (χ0) is 19.2. The van der Waals surface area contributed by atoms with Gasteiger partial charge in [0.1, 0.15) is 17.4 Å². The summed E-state index contributed by atoms with van der Waals surface area (Å²) >= 11 is 6.78. The molecule has 0 bridgehead atoms. The van der Waals surface area contributed by atoms with Gasteiger partial charge in [-0.05, 0) is 30.7 Å². The van der Waals surface area contributed by atoms with Crippen molar-refractivity contribution in [3.8, 4) is 11.5 Å². The molecule has 2 aromatic carbocycles. The molecule has 0 spiro atoms. The van der Waals surface area contributed by atoms with E-state index >= 15 is 0 Å². The molecule has 3 aromatic rings. The Kier molecular flexibility index (Phi) is 5.12. The molecule has 0 amide bonds. The van der Waals surface area contributed by atoms with Gasteiger partial charge in [0.2, 0.25) is 0 Å². The summed E-state index contributed by atoms with van der Waals surface area (Å²) in [5.74, 6) is -1.44. The number of fused-ring (bicyclic) bond motifs is 1. The molecule has 0 saturated carbocycles. The van der Waals surface area contributed by atoms with Crippen molar-refractivity contribution in [3.05, 3.63) is 55.7 Å². The van der Waals surface area contributed by atoms with Gasteiger partial charge in [-0.1, -0.05) is 31.9 Å². The molecule has 0 saturated heterocycles. The molecule has 0 aliphatic carbocycles. The van der Waals surface area contributed by atoms with E-state index in [0.717, 1.165) is 11.6 Å². The second kappa shape index (κ2) is 7.03. The zero-order valence-corrected chi connectivity index (χ0v) is 16.6. The molecule has 6 nitrogen and oxygen atoms in total. The number of aliphatic hydroxyl groups is 2. The summed E-state index contributed by atoms with van der Waals surface area (Å²) in [5, 5.41) is 39.0. The van der Waals surface area contributed by atoms with Crippen molar-refractivity contribution in [1.82, 2.24) is 0 Å². The van der Waals surface area contributed by atoms with Crippen LogP contribution in [-0.4, -0.2) is 32.8 Å². The summed E-state index contributed by atoms with van der Waals surface area (Å²) in [6.07, 6.45) is -1.43. The summed E-state index contributed by atoms with van der Waals surface area (Å²) in [4.78, 5) is 13.1. The number of aliphatic hydroxyl groups excluding tert-OH is 2. The Labute approximate surface area is 164 Å². The standard InChI is InChI=1S/C18H14Br2O6/c1-7-10(19)2-8(3-11(7)20)17(25)16-9-4-12(22)13(23)5-15(9)26-18(16)14(24)6-21/h2-5,14,21-24H,6H2,1H3. The first-order valence-electron chi connectivity index (χ1n) is 7.52. The first-order chi connectivity index (χ1) is 12.2. The predicted octanol–water partition coefficient (Wildman–Crippen LogP) is 3.93. The largest absolute Gasteiger partial charge is 0.504 e. The lowest BCUT2D eigenvalue weighted by molar-refractivity contribution is 0.0768. The van der Waals surface area contributed by atoms with Crippen LogP contribution in [0.3, 0.4) is 0 Å². The number of rotatable bonds is 4. The van der Waals surface area contributed by atoms with Crippen molar-refractivity contribution in [1.29, 1.82) is 0 Å². The molecule has 1 atom stereocenters. The number of aromatic hydroxyl groups is 2. The monoisotopic (exact) mass is 484 g/mol. The fourth-order valence-electron chi connectivity index (χ4n) is 2.61. The predicted molar refractivity (Wildman–Crippen MR) is 102 cm³/mol. The molecule has 1 aromatic heterocycles. The van der Waals surface area contributed by atoms with Gasteiger partial charge in [-0.3, -0.25) is 4.79 Å². The van der Waals surface area contributed by atoms with Gasteiger partial charge in [-0.15, -0.1) is 0 Å². The maximum Gasteiger partial charge on any atom is 0.197 e. The van der Waals surface area contributed by atoms with E-state index in [1.807, 2.05) is 6.92 Å². The van der Waals surface area contributed by atoms with Gasteiger partial charge in [0.15, 0.2) is 17.3 Å². The van der Waals surface area contributed by atoms with E-state index in [1.54, 1.807) is 12.1 Å². The molecule has 3 rings (SSSR count). The Balaban J connectivity index is 2.28. The third-order valence-corrected chi connectivity index (χ3v) is 5.71. The molecule has 0 fully saturated rings. The van der Waals surface area contributed by atoms with Crippen molar-refractivity contribution in [3.63, 3.8) is 0 Å². The molecule has 0 aliphatic rings. The first-order valence-corrected chi connectivity index (χ1v) is 9.10. The van der Waals surface area contributed by atoms with Crippen LogP contribution in [0.2, 0.25) is 0 Å². The van der Waals surface area contributed by atoms with Crippen molar-refractivity contribution in [2.75, 3.05) is 6.61 Å². The number of furan rings is 1. The number of phenols is 2. The maximum absolute atomic E-state index is 13.1. The lowest BCUT2D eigenvalue weighted by atomic mass is 9.97. The average Bonchev–Trinajstić information content (AvgIpc) is 2.96. The molecule has 0 aliphatic heterocycles. The molecule has 4 N–H and O–H groups in total. The zero-order valence-electron chi connectivity index (χ0n) is 13.5. The Morgan fingerprint density at radius 1 is 1.12 bits per heavy atom. The number of phenolic OH excluding ortho intramolecular Hbond substituents is 2. The van der Waals surface area contributed by atoms with Crippen LogP contribution >= 0.6 is 31.9 Å². The SMILES string of the molecule is Cc1c(Br)cc(C(=O)c2c(C(O)CO)oc3cc(O)c(O)cc23)cc1Br. The number of hydrogen-bond donors (Lipinski definition) is 4. The smallest absolute Gasteiger partial charge is 0.197 e. The van der Waals surface area contributed by atoms with Crippen LogP contribution in [0.1, 0.15) is 33.3 Å². The maximum atomic E-state index is 13.1. The van der Waals surface area contributed by atoms with E-state index in [0.29, 0.717) is 14.5 Å². The van der Waals surface area contributed by atoms with Crippen LogP contribution in [-0.2, 0) is 0 Å². The summed E-state index contributed by atoms with van der Waals surface area (Å²) in [5.41, 5.74) is 1.35. The fraction of sp³-hybridized carbons (Fsp3) is 0.167. The van der Waals surface area contributed by atoms with Gasteiger partial charge in [0.05, 0.1) is 12.2 Å². The topological polar surface area (TPSA) is 111 Å². The Bertz CT molecular complexity index is 1000. The van der Waals surface area contributed by atoms with E-state index < -0.39 is 30.0 Å². The van der Waals surface area contributed by atoms with Crippen molar-refractivity contribution in [2.45, 2.75) is 13.0 Å². The fourth-order valence-corrected chi connectivity index (χ4v) is 3.80. The third-order valence-electron chi connectivity index (χ3n) is 4.06. The minimum atomic E-state index is -1.43. The number of carbonyl (C=O) groups excluding carboxylic acids is 1. The highest BCUT2D eigenvalue weighted by Crippen LogP contribution is 2.38. The number of ketones is 1. The third kappa shape index (κ3) is 3.14. The van der Waals surface area contributed by atoms with Crippen LogP contribution in [0.4, 0.5) is 0 Å². The van der Waals surface area contributed by atoms with Crippen LogP contribution in [0.15, 0.2) is 37.6 Å². The van der Waals surface area contributed by atoms with E-state index in [9.17, 15) is 25.2 Å². The highest BCUT2D eigenvalue weighted by molar-refractivity contribution is 9.11. The Morgan fingerprint density at radius 2 is 1.69 bits per heavy atom. The van der Waals surface area contributed by atoms with Gasteiger partial charge in [-0.25, -0.2) is 0 Å². The van der Waals surface area contributed by atoms with E-state index in [4.69, 9.17) is 4.42 Å². The molecule has 8 heteroatoms. The summed E-state index contributed by atoms with van der Waals surface area (Å²) in [6, 6.07) is 5.61. The normalized spacial score (nSPS) is 12.5.